The molecule has 0 spiro atoms. The average molecular weight is 292 g/mol. The number of hydrogen-bond acceptors (Lipinski definition) is 4. The van der Waals surface area contributed by atoms with Gasteiger partial charge in [0.25, 0.3) is 0 Å². The van der Waals surface area contributed by atoms with Gasteiger partial charge in [-0.05, 0) is 24.1 Å². The second-order valence-corrected chi connectivity index (χ2v) is 5.52. The topological polar surface area (TPSA) is 101 Å². The lowest BCUT2D eigenvalue weighted by Gasteiger charge is -2.22. The lowest BCUT2D eigenvalue weighted by atomic mass is 10.2. The van der Waals surface area contributed by atoms with Crippen LogP contribution in [0.25, 0.3) is 0 Å². The first kappa shape index (κ1) is 17.0. The lowest BCUT2D eigenvalue weighted by molar-refractivity contribution is -0.120. The highest BCUT2D eigenvalue weighted by molar-refractivity contribution is 5.91. The van der Waals surface area contributed by atoms with Gasteiger partial charge in [0, 0.05) is 30.9 Å². The van der Waals surface area contributed by atoms with Crippen molar-refractivity contribution in [2.75, 3.05) is 30.7 Å². The van der Waals surface area contributed by atoms with Crippen molar-refractivity contribution in [3.8, 4) is 0 Å². The minimum atomic E-state index is -0.383. The van der Waals surface area contributed by atoms with Gasteiger partial charge < -0.3 is 16.8 Å². The summed E-state index contributed by atoms with van der Waals surface area (Å²) >= 11 is 0. The van der Waals surface area contributed by atoms with Crippen LogP contribution in [0.4, 0.5) is 11.4 Å². The van der Waals surface area contributed by atoms with Gasteiger partial charge in [0.15, 0.2) is 0 Å². The zero-order chi connectivity index (χ0) is 15.8. The summed E-state index contributed by atoms with van der Waals surface area (Å²) in [5.74, 6) is -0.0907. The van der Waals surface area contributed by atoms with Crippen molar-refractivity contribution >= 4 is 23.2 Å². The molecule has 1 aromatic rings. The Morgan fingerprint density at radius 2 is 2.05 bits per heavy atom. The van der Waals surface area contributed by atoms with Crippen LogP contribution in [0, 0.1) is 5.92 Å². The fourth-order valence-electron chi connectivity index (χ4n) is 2.07. The van der Waals surface area contributed by atoms with E-state index in [9.17, 15) is 9.59 Å². The number of nitrogens with one attached hydrogen (secondary N) is 1. The molecule has 0 aliphatic rings. The molecule has 0 aliphatic carbocycles. The molecule has 0 saturated carbocycles. The summed E-state index contributed by atoms with van der Waals surface area (Å²) in [7, 11) is 0. The summed E-state index contributed by atoms with van der Waals surface area (Å²) in [5, 5.41) is 2.78. The Morgan fingerprint density at radius 1 is 1.33 bits per heavy atom. The van der Waals surface area contributed by atoms with E-state index in [0.717, 1.165) is 6.54 Å². The summed E-state index contributed by atoms with van der Waals surface area (Å²) in [6, 6.07) is 7.02. The van der Waals surface area contributed by atoms with Gasteiger partial charge in [-0.25, -0.2) is 0 Å². The Morgan fingerprint density at radius 3 is 2.62 bits per heavy atom. The standard InChI is InChI=1S/C15H24N4O2/c1-11(2)9-19(10-14(17)20)7-6-15(21)18-13-5-3-4-12(16)8-13/h3-5,8,11H,6-7,9-10,16H2,1-2H3,(H2,17,20)(H,18,21). The highest BCUT2D eigenvalue weighted by Gasteiger charge is 2.12. The van der Waals surface area contributed by atoms with Gasteiger partial charge in [0.2, 0.25) is 11.8 Å². The van der Waals surface area contributed by atoms with Gasteiger partial charge in [-0.15, -0.1) is 0 Å². The van der Waals surface area contributed by atoms with Crippen molar-refractivity contribution in [3.05, 3.63) is 24.3 Å². The van der Waals surface area contributed by atoms with E-state index in [0.29, 0.717) is 30.3 Å². The molecule has 0 heterocycles. The molecule has 0 atom stereocenters. The third-order valence-electron chi connectivity index (χ3n) is 2.83. The molecule has 0 bridgehead atoms. The Balaban J connectivity index is 2.47. The number of anilines is 2. The summed E-state index contributed by atoms with van der Waals surface area (Å²) in [6.07, 6.45) is 0.300. The van der Waals surface area contributed by atoms with Gasteiger partial charge in [-0.3, -0.25) is 14.5 Å². The van der Waals surface area contributed by atoms with Crippen LogP contribution in [0.1, 0.15) is 20.3 Å². The van der Waals surface area contributed by atoms with Crippen LogP contribution in [0.3, 0.4) is 0 Å². The second-order valence-electron chi connectivity index (χ2n) is 5.52. The molecule has 0 radical (unpaired) electrons. The molecule has 5 N–H and O–H groups in total. The van der Waals surface area contributed by atoms with Crippen molar-refractivity contribution < 1.29 is 9.59 Å². The first-order chi connectivity index (χ1) is 9.86. The smallest absolute Gasteiger partial charge is 0.231 e. The number of benzene rings is 1. The van der Waals surface area contributed by atoms with E-state index in [2.05, 4.69) is 19.2 Å². The van der Waals surface area contributed by atoms with Gasteiger partial charge >= 0.3 is 0 Å². The van der Waals surface area contributed by atoms with Crippen LogP contribution in [0.5, 0.6) is 0 Å². The van der Waals surface area contributed by atoms with E-state index >= 15 is 0 Å². The molecule has 6 nitrogen and oxygen atoms in total. The first-order valence-corrected chi connectivity index (χ1v) is 7.03. The molecule has 0 fully saturated rings. The number of nitrogen functional groups attached to an aromatic ring is 1. The van der Waals surface area contributed by atoms with E-state index < -0.39 is 0 Å². The van der Waals surface area contributed by atoms with Gasteiger partial charge in [0.1, 0.15) is 0 Å². The Hall–Kier alpha value is -2.08. The van der Waals surface area contributed by atoms with E-state index in [-0.39, 0.29) is 18.4 Å². The molecule has 116 valence electrons. The number of nitrogens with zero attached hydrogens (tertiary/aromatic N) is 1. The molecule has 0 aromatic heterocycles. The summed E-state index contributed by atoms with van der Waals surface area (Å²) in [5.41, 5.74) is 12.1. The largest absolute Gasteiger partial charge is 0.399 e. The zero-order valence-corrected chi connectivity index (χ0v) is 12.6. The summed E-state index contributed by atoms with van der Waals surface area (Å²) in [4.78, 5) is 24.8. The van der Waals surface area contributed by atoms with Gasteiger partial charge in [0.05, 0.1) is 6.54 Å². The number of carbonyl (C=O) groups excluding carboxylic acids is 2. The monoisotopic (exact) mass is 292 g/mol. The number of amides is 2. The van der Waals surface area contributed by atoms with E-state index in [4.69, 9.17) is 11.5 Å². The fraction of sp³-hybridized carbons (Fsp3) is 0.467. The van der Waals surface area contributed by atoms with Crippen LogP contribution in [0.2, 0.25) is 0 Å². The SMILES string of the molecule is CC(C)CN(CCC(=O)Nc1cccc(N)c1)CC(N)=O. The summed E-state index contributed by atoms with van der Waals surface area (Å²) < 4.78 is 0. The van der Waals surface area contributed by atoms with Crippen molar-refractivity contribution in [1.82, 2.24) is 4.90 Å². The molecule has 6 heteroatoms. The maximum Gasteiger partial charge on any atom is 0.231 e. The molecule has 1 rings (SSSR count). The predicted molar refractivity (Wildman–Crippen MR) is 84.6 cm³/mol. The Kier molecular flexibility index (Phi) is 6.68. The normalized spacial score (nSPS) is 10.9. The Bertz CT molecular complexity index is 488. The molecule has 0 aliphatic heterocycles. The van der Waals surface area contributed by atoms with Crippen molar-refractivity contribution in [1.29, 1.82) is 0 Å². The molecule has 0 saturated heterocycles. The number of hydrogen-bond donors (Lipinski definition) is 3. The number of carbonyl (C=O) groups is 2. The predicted octanol–water partition coefficient (Wildman–Crippen LogP) is 1.04. The minimum absolute atomic E-state index is 0.112. The van der Waals surface area contributed by atoms with Crippen molar-refractivity contribution in [2.45, 2.75) is 20.3 Å². The van der Waals surface area contributed by atoms with Crippen molar-refractivity contribution in [3.63, 3.8) is 0 Å². The molecule has 2 amide bonds. The summed E-state index contributed by atoms with van der Waals surface area (Å²) in [6.45, 7) is 5.51. The first-order valence-electron chi connectivity index (χ1n) is 7.03. The lowest BCUT2D eigenvalue weighted by Crippen LogP contribution is -2.38. The fourth-order valence-corrected chi connectivity index (χ4v) is 2.07. The number of nitrogens with two attached hydrogens (primary N) is 2. The van der Waals surface area contributed by atoms with E-state index in [1.165, 1.54) is 0 Å². The van der Waals surface area contributed by atoms with Gasteiger partial charge in [-0.1, -0.05) is 19.9 Å². The minimum Gasteiger partial charge on any atom is -0.399 e. The second kappa shape index (κ2) is 8.26. The van der Waals surface area contributed by atoms with Crippen LogP contribution in [-0.2, 0) is 9.59 Å². The van der Waals surface area contributed by atoms with Crippen LogP contribution in [0.15, 0.2) is 24.3 Å². The molecular formula is C15H24N4O2. The van der Waals surface area contributed by atoms with Crippen molar-refractivity contribution in [2.24, 2.45) is 11.7 Å². The molecule has 1 aromatic carbocycles. The maximum atomic E-state index is 11.9. The Labute approximate surface area is 125 Å². The molecule has 0 unspecified atom stereocenters. The van der Waals surface area contributed by atoms with Crippen LogP contribution >= 0.6 is 0 Å². The maximum absolute atomic E-state index is 11.9. The number of primary amides is 1. The van der Waals surface area contributed by atoms with E-state index in [1.54, 1.807) is 24.3 Å². The zero-order valence-electron chi connectivity index (χ0n) is 12.6. The average Bonchev–Trinajstić information content (AvgIpc) is 2.34. The van der Waals surface area contributed by atoms with Crippen LogP contribution in [-0.4, -0.2) is 36.3 Å². The van der Waals surface area contributed by atoms with E-state index in [1.807, 2.05) is 4.90 Å². The van der Waals surface area contributed by atoms with Gasteiger partial charge in [-0.2, -0.15) is 0 Å². The van der Waals surface area contributed by atoms with Crippen LogP contribution < -0.4 is 16.8 Å². The highest BCUT2D eigenvalue weighted by atomic mass is 16.2. The third-order valence-corrected chi connectivity index (χ3v) is 2.83. The molecular weight excluding hydrogens is 268 g/mol. The number of rotatable bonds is 8. The third kappa shape index (κ3) is 7.31. The molecule has 21 heavy (non-hydrogen) atoms. The quantitative estimate of drug-likeness (QED) is 0.623. The highest BCUT2D eigenvalue weighted by Crippen LogP contribution is 2.12.